The molecule has 16 heteroatoms. The van der Waals surface area contributed by atoms with Gasteiger partial charge in [-0.1, -0.05) is 25.3 Å². The van der Waals surface area contributed by atoms with Gasteiger partial charge in [0.2, 0.25) is 0 Å². The van der Waals surface area contributed by atoms with E-state index in [1.807, 2.05) is 0 Å². The maximum atomic E-state index is 13.3. The molecule has 76 heavy (non-hydrogen) atoms. The second kappa shape index (κ2) is 30.5. The molecule has 0 unspecified atom stereocenters. The first-order valence-electron chi connectivity index (χ1n) is 26.0. The predicted octanol–water partition coefficient (Wildman–Crippen LogP) is 11.0. The van der Waals surface area contributed by atoms with Crippen molar-refractivity contribution in [1.29, 1.82) is 0 Å². The van der Waals surface area contributed by atoms with E-state index in [0.29, 0.717) is 124 Å². The van der Waals surface area contributed by atoms with Crippen LogP contribution in [0.5, 0.6) is 23.0 Å². The van der Waals surface area contributed by atoms with Crippen molar-refractivity contribution in [3.8, 4) is 34.1 Å². The lowest BCUT2D eigenvalue weighted by Gasteiger charge is -2.27. The number of hydrogen-bond acceptors (Lipinski definition) is 16. The molecule has 4 aromatic rings. The van der Waals surface area contributed by atoms with Crippen LogP contribution >= 0.6 is 0 Å². The molecule has 402 valence electrons. The smallest absolute Gasteiger partial charge is 0.338 e. The standard InChI is InChI=1S/C60H66O16/c1-3-55(63)71-35-11-7-5-9-33-69-49-23-13-41(14-24-49)57(65)73-51-27-17-43(18-28-51)59(67)75-53-31-21-45(37-47(53)39-61)46-22-32-54(48(38-46)40-62)76-60(68)44-19-29-52(30-20-44)74-58(66)42-15-25-50(26-16-42)70-34-10-6-8-12-36-72-56(64)4-2/h3-4,13-16,21-26,31-32,37-40,43-44,51-52H,1-2,5-12,17-20,27-30,33-36H2. The van der Waals surface area contributed by atoms with Crippen LogP contribution in [0.25, 0.3) is 11.1 Å². The molecular formula is C60H66O16. The number of esters is 6. The summed E-state index contributed by atoms with van der Waals surface area (Å²) in [5.41, 5.74) is 2.14. The van der Waals surface area contributed by atoms with Crippen molar-refractivity contribution in [2.75, 3.05) is 26.4 Å². The average Bonchev–Trinajstić information content (AvgIpc) is 3.45. The number of aldehydes is 2. The van der Waals surface area contributed by atoms with Crippen molar-refractivity contribution in [1.82, 2.24) is 0 Å². The first-order valence-corrected chi connectivity index (χ1v) is 26.0. The third-order valence-corrected chi connectivity index (χ3v) is 13.2. The lowest BCUT2D eigenvalue weighted by Crippen LogP contribution is -2.30. The minimum absolute atomic E-state index is 0.0848. The van der Waals surface area contributed by atoms with E-state index >= 15 is 0 Å². The highest BCUT2D eigenvalue weighted by Gasteiger charge is 2.32. The lowest BCUT2D eigenvalue weighted by molar-refractivity contribution is -0.141. The van der Waals surface area contributed by atoms with E-state index in [2.05, 4.69) is 13.2 Å². The van der Waals surface area contributed by atoms with Crippen molar-refractivity contribution in [3.05, 3.63) is 132 Å². The molecule has 6 rings (SSSR count). The number of hydrogen-bond donors (Lipinski definition) is 0. The van der Waals surface area contributed by atoms with Gasteiger partial charge in [-0.05, 0) is 187 Å². The Hall–Kier alpha value is -7.88. The maximum Gasteiger partial charge on any atom is 0.338 e. The van der Waals surface area contributed by atoms with E-state index in [9.17, 15) is 38.4 Å². The molecule has 4 aromatic carbocycles. The Morgan fingerprint density at radius 3 is 1.14 bits per heavy atom. The molecule has 16 nitrogen and oxygen atoms in total. The van der Waals surface area contributed by atoms with Crippen LogP contribution in [-0.2, 0) is 38.1 Å². The molecule has 0 spiro atoms. The Kier molecular flexibility index (Phi) is 23.0. The summed E-state index contributed by atoms with van der Waals surface area (Å²) >= 11 is 0. The monoisotopic (exact) mass is 1040 g/mol. The molecular weight excluding hydrogens is 977 g/mol. The van der Waals surface area contributed by atoms with Gasteiger partial charge in [0.05, 0.1) is 60.5 Å². The normalized spacial score (nSPS) is 16.9. The molecule has 0 radical (unpaired) electrons. The molecule has 2 aliphatic carbocycles. The summed E-state index contributed by atoms with van der Waals surface area (Å²) in [6, 6.07) is 22.9. The topological polar surface area (TPSA) is 210 Å². The largest absolute Gasteiger partial charge is 0.494 e. The molecule has 0 saturated heterocycles. The molecule has 0 aromatic heterocycles. The van der Waals surface area contributed by atoms with Gasteiger partial charge in [-0.2, -0.15) is 0 Å². The van der Waals surface area contributed by atoms with Crippen molar-refractivity contribution in [2.24, 2.45) is 11.8 Å². The fourth-order valence-electron chi connectivity index (χ4n) is 8.81. The fraction of sp³-hybridized carbons (Fsp3) is 0.400. The van der Waals surface area contributed by atoms with Crippen LogP contribution in [0.15, 0.2) is 110 Å². The van der Waals surface area contributed by atoms with E-state index in [1.54, 1.807) is 72.8 Å². The van der Waals surface area contributed by atoms with Crippen LogP contribution < -0.4 is 18.9 Å². The zero-order valence-corrected chi connectivity index (χ0v) is 42.8. The zero-order chi connectivity index (χ0) is 54.1. The van der Waals surface area contributed by atoms with Crippen LogP contribution in [0.3, 0.4) is 0 Å². The van der Waals surface area contributed by atoms with Crippen LogP contribution in [0, 0.1) is 11.8 Å². The Labute approximate surface area is 443 Å². The van der Waals surface area contributed by atoms with Crippen molar-refractivity contribution in [3.63, 3.8) is 0 Å². The number of carbonyl (C=O) groups excluding carboxylic acids is 8. The second-order valence-electron chi connectivity index (χ2n) is 18.7. The van der Waals surface area contributed by atoms with Gasteiger partial charge in [0.25, 0.3) is 0 Å². The number of unbranched alkanes of at least 4 members (excludes halogenated alkanes) is 6. The summed E-state index contributed by atoms with van der Waals surface area (Å²) in [6.07, 6.45) is 13.1. The second-order valence-corrected chi connectivity index (χ2v) is 18.7. The SMILES string of the molecule is C=CC(=O)OCCCCCCOc1ccc(C(=O)OC2CCC(C(=O)Oc3ccc(-c4ccc(OC(=O)C5CCC(OC(=O)c6ccc(OCCCCCCOC(=O)C=C)cc6)CC5)c(C=O)c4)cc3C=O)CC2)cc1. The number of rotatable bonds is 29. The molecule has 2 saturated carbocycles. The quantitative estimate of drug-likeness (QED) is 0.0124. The highest BCUT2D eigenvalue weighted by atomic mass is 16.6. The van der Waals surface area contributed by atoms with E-state index in [1.165, 1.54) is 12.1 Å². The molecule has 0 atom stereocenters. The Balaban J connectivity index is 0.883. The van der Waals surface area contributed by atoms with Gasteiger partial charge in [-0.25, -0.2) is 19.2 Å². The maximum absolute atomic E-state index is 13.3. The molecule has 0 heterocycles. The van der Waals surface area contributed by atoms with Crippen LogP contribution in [0.1, 0.15) is 144 Å². The van der Waals surface area contributed by atoms with Gasteiger partial charge in [0.1, 0.15) is 35.2 Å². The lowest BCUT2D eigenvalue weighted by atomic mass is 9.87. The van der Waals surface area contributed by atoms with Gasteiger partial charge in [-0.3, -0.25) is 19.2 Å². The zero-order valence-electron chi connectivity index (χ0n) is 42.8. The third kappa shape index (κ3) is 18.2. The number of carbonyl (C=O) groups is 8. The molecule has 2 aliphatic rings. The Morgan fingerprint density at radius 1 is 0.447 bits per heavy atom. The molecule has 0 N–H and O–H groups in total. The van der Waals surface area contributed by atoms with Gasteiger partial charge in [0.15, 0.2) is 12.6 Å². The minimum Gasteiger partial charge on any atom is -0.494 e. The van der Waals surface area contributed by atoms with Crippen LogP contribution in [-0.4, -0.2) is 87.0 Å². The van der Waals surface area contributed by atoms with E-state index < -0.39 is 47.7 Å². The molecule has 2 fully saturated rings. The third-order valence-electron chi connectivity index (χ3n) is 13.2. The molecule has 0 bridgehead atoms. The van der Waals surface area contributed by atoms with Gasteiger partial charge in [0, 0.05) is 12.2 Å². The highest BCUT2D eigenvalue weighted by Crippen LogP contribution is 2.34. The fourth-order valence-corrected chi connectivity index (χ4v) is 8.81. The van der Waals surface area contributed by atoms with Crippen LogP contribution in [0.4, 0.5) is 0 Å². The Bertz CT molecular complexity index is 2440. The van der Waals surface area contributed by atoms with Gasteiger partial charge >= 0.3 is 35.8 Å². The summed E-state index contributed by atoms with van der Waals surface area (Å²) in [7, 11) is 0. The van der Waals surface area contributed by atoms with Crippen molar-refractivity contribution >= 4 is 48.4 Å². The first kappa shape index (κ1) is 57.4. The summed E-state index contributed by atoms with van der Waals surface area (Å²) in [4.78, 5) is 99.1. The van der Waals surface area contributed by atoms with E-state index in [4.69, 9.17) is 37.9 Å². The summed E-state index contributed by atoms with van der Waals surface area (Å²) in [5.74, 6) is -2.24. The van der Waals surface area contributed by atoms with Crippen LogP contribution in [0.2, 0.25) is 0 Å². The van der Waals surface area contributed by atoms with Crippen molar-refractivity contribution in [2.45, 2.75) is 115 Å². The van der Waals surface area contributed by atoms with Crippen molar-refractivity contribution < 1.29 is 76.3 Å². The highest BCUT2D eigenvalue weighted by molar-refractivity contribution is 5.91. The average molecular weight is 1040 g/mol. The first-order chi connectivity index (χ1) is 37.0. The van der Waals surface area contributed by atoms with E-state index in [0.717, 1.165) is 63.5 Å². The Morgan fingerprint density at radius 2 is 0.803 bits per heavy atom. The van der Waals surface area contributed by atoms with Gasteiger partial charge < -0.3 is 37.9 Å². The number of benzene rings is 4. The molecule has 0 amide bonds. The molecule has 0 aliphatic heterocycles. The predicted molar refractivity (Wildman–Crippen MR) is 279 cm³/mol. The van der Waals surface area contributed by atoms with Gasteiger partial charge in [-0.15, -0.1) is 0 Å². The minimum atomic E-state index is -0.495. The summed E-state index contributed by atoms with van der Waals surface area (Å²) in [6.45, 7) is 8.50. The number of ether oxygens (including phenoxy) is 8. The summed E-state index contributed by atoms with van der Waals surface area (Å²) < 4.78 is 44.5. The van der Waals surface area contributed by atoms with E-state index in [-0.39, 0.29) is 34.8 Å². The summed E-state index contributed by atoms with van der Waals surface area (Å²) in [5, 5.41) is 0.